The van der Waals surface area contributed by atoms with Crippen LogP contribution in [0.15, 0.2) is 40.1 Å². The number of hydrogen-bond donors (Lipinski definition) is 0. The predicted molar refractivity (Wildman–Crippen MR) is 71.1 cm³/mol. The Labute approximate surface area is 125 Å². The maximum atomic E-state index is 12.2. The summed E-state index contributed by atoms with van der Waals surface area (Å²) in [5, 5.41) is 4.89. The average Bonchev–Trinajstić information content (AvgIpc) is 2.86. The summed E-state index contributed by atoms with van der Waals surface area (Å²) < 4.78 is 38.1. The molecule has 11 heteroatoms. The van der Waals surface area contributed by atoms with E-state index >= 15 is 0 Å². The molecule has 0 bridgehead atoms. The van der Waals surface area contributed by atoms with Gasteiger partial charge in [-0.3, -0.25) is 9.78 Å². The van der Waals surface area contributed by atoms with Crippen molar-refractivity contribution in [3.8, 4) is 0 Å². The lowest BCUT2D eigenvalue weighted by Crippen LogP contribution is -2.25. The third kappa shape index (κ3) is 3.93. The van der Waals surface area contributed by atoms with E-state index in [0.717, 1.165) is 11.3 Å². The molecule has 7 nitrogen and oxygen atoms in total. The van der Waals surface area contributed by atoms with Crippen LogP contribution >= 0.6 is 11.3 Å². The highest BCUT2D eigenvalue weighted by Crippen LogP contribution is 2.16. The molecule has 2 aromatic heterocycles. The molecule has 1 amide bonds. The van der Waals surface area contributed by atoms with Gasteiger partial charge in [-0.25, -0.2) is 0 Å². The smallest absolute Gasteiger partial charge is 0.319 e. The molecule has 2 rings (SSSR count). The molecule has 0 spiro atoms. The number of hydrogen-bond acceptors (Lipinski definition) is 4. The van der Waals surface area contributed by atoms with Gasteiger partial charge in [0.05, 0.1) is 12.2 Å². The number of aromatic nitrogens is 2. The largest absolute Gasteiger partial charge is 0.473 e. The summed E-state index contributed by atoms with van der Waals surface area (Å²) in [6.07, 6.45) is -0.700. The third-order valence-corrected chi connectivity index (χ3v) is 3.19. The summed E-state index contributed by atoms with van der Waals surface area (Å²) in [5.74, 6) is -2.16. The molecule has 22 heavy (non-hydrogen) atoms. The van der Waals surface area contributed by atoms with Crippen molar-refractivity contribution in [1.29, 1.82) is 0 Å². The number of alkyl halides is 3. The van der Waals surface area contributed by atoms with Crippen molar-refractivity contribution >= 4 is 22.9 Å². The van der Waals surface area contributed by atoms with Crippen molar-refractivity contribution in [2.24, 2.45) is 10.1 Å². The van der Waals surface area contributed by atoms with Crippen LogP contribution in [0.2, 0.25) is 0 Å². The highest BCUT2D eigenvalue weighted by molar-refractivity contribution is 7.07. The standard InChI is InChI=1S/C11H7F3N6OS/c12-11(13,14)9(21)17-10-20(1-2-22-10)6-7-3-8(18-19-15)5-16-4-7/h1-5H,6H2. The first-order valence-corrected chi connectivity index (χ1v) is 6.57. The van der Waals surface area contributed by atoms with E-state index in [1.54, 1.807) is 0 Å². The van der Waals surface area contributed by atoms with Gasteiger partial charge in [-0.15, -0.1) is 11.3 Å². The first-order valence-electron chi connectivity index (χ1n) is 5.69. The maximum Gasteiger partial charge on any atom is 0.473 e. The summed E-state index contributed by atoms with van der Waals surface area (Å²) >= 11 is 0.901. The SMILES string of the molecule is [N-]=[N+]=Nc1cncc(Cn2ccsc2=NC(=O)C(F)(F)F)c1. The molecular weight excluding hydrogens is 321 g/mol. The second-order valence-electron chi connectivity index (χ2n) is 3.97. The molecule has 0 N–H and O–H groups in total. The molecule has 0 aliphatic heterocycles. The minimum absolute atomic E-state index is 0.0866. The van der Waals surface area contributed by atoms with Gasteiger partial charge in [0.1, 0.15) is 0 Å². The predicted octanol–water partition coefficient (Wildman–Crippen LogP) is 2.92. The number of carbonyl (C=O) groups excluding carboxylic acids is 1. The van der Waals surface area contributed by atoms with E-state index in [-0.39, 0.29) is 17.0 Å². The Morgan fingerprint density at radius 3 is 2.91 bits per heavy atom. The van der Waals surface area contributed by atoms with Crippen LogP contribution in [0.4, 0.5) is 18.9 Å². The van der Waals surface area contributed by atoms with Crippen molar-refractivity contribution < 1.29 is 18.0 Å². The van der Waals surface area contributed by atoms with Crippen LogP contribution in [0.3, 0.4) is 0 Å². The monoisotopic (exact) mass is 328 g/mol. The topological polar surface area (TPSA) is 96.0 Å². The number of halogens is 3. The second-order valence-corrected chi connectivity index (χ2v) is 4.84. The number of azide groups is 1. The minimum Gasteiger partial charge on any atom is -0.319 e. The Balaban J connectivity index is 2.31. The molecule has 0 saturated carbocycles. The molecule has 2 heterocycles. The zero-order valence-corrected chi connectivity index (χ0v) is 11.5. The van der Waals surface area contributed by atoms with Gasteiger partial charge >= 0.3 is 12.1 Å². The van der Waals surface area contributed by atoms with Gasteiger partial charge < -0.3 is 4.57 Å². The highest BCUT2D eigenvalue weighted by atomic mass is 32.1. The van der Waals surface area contributed by atoms with E-state index in [0.29, 0.717) is 5.56 Å². The average molecular weight is 328 g/mol. The summed E-state index contributed by atoms with van der Waals surface area (Å²) in [7, 11) is 0. The fourth-order valence-corrected chi connectivity index (χ4v) is 2.25. The molecule has 0 saturated heterocycles. The molecule has 0 fully saturated rings. The van der Waals surface area contributed by atoms with E-state index < -0.39 is 12.1 Å². The Bertz CT molecular complexity index is 802. The van der Waals surface area contributed by atoms with Crippen LogP contribution in [0, 0.1) is 0 Å². The van der Waals surface area contributed by atoms with Crippen molar-refractivity contribution in [2.75, 3.05) is 0 Å². The Kier molecular flexibility index (Phi) is 4.59. The molecule has 0 radical (unpaired) electrons. The molecule has 0 unspecified atom stereocenters. The molecule has 0 aromatic carbocycles. The summed E-state index contributed by atoms with van der Waals surface area (Å²) in [4.78, 5) is 20.4. The first kappa shape index (κ1) is 15.7. The van der Waals surface area contributed by atoms with Gasteiger partial charge in [-0.1, -0.05) is 5.11 Å². The number of amides is 1. The normalized spacial score (nSPS) is 12.0. The lowest BCUT2D eigenvalue weighted by Gasteiger charge is -2.04. The fraction of sp³-hybridized carbons (Fsp3) is 0.182. The quantitative estimate of drug-likeness (QED) is 0.492. The van der Waals surface area contributed by atoms with Crippen LogP contribution in [-0.2, 0) is 11.3 Å². The Hall–Kier alpha value is -2.65. The van der Waals surface area contributed by atoms with Gasteiger partial charge in [-0.05, 0) is 17.2 Å². The summed E-state index contributed by atoms with van der Waals surface area (Å²) in [6, 6.07) is 1.53. The Morgan fingerprint density at radius 2 is 2.23 bits per heavy atom. The van der Waals surface area contributed by atoms with Gasteiger partial charge in [0.25, 0.3) is 0 Å². The van der Waals surface area contributed by atoms with Crippen LogP contribution < -0.4 is 4.80 Å². The van der Waals surface area contributed by atoms with Crippen LogP contribution in [-0.4, -0.2) is 21.6 Å². The van der Waals surface area contributed by atoms with E-state index in [9.17, 15) is 18.0 Å². The van der Waals surface area contributed by atoms with E-state index in [1.807, 2.05) is 0 Å². The zero-order valence-electron chi connectivity index (χ0n) is 10.7. The number of rotatable bonds is 3. The van der Waals surface area contributed by atoms with E-state index in [2.05, 4.69) is 20.0 Å². The van der Waals surface area contributed by atoms with Gasteiger partial charge in [0, 0.05) is 28.9 Å². The van der Waals surface area contributed by atoms with E-state index in [1.165, 1.54) is 34.6 Å². The van der Waals surface area contributed by atoms with Crippen molar-refractivity contribution in [1.82, 2.24) is 9.55 Å². The summed E-state index contributed by atoms with van der Waals surface area (Å²) in [6.45, 7) is 0.134. The third-order valence-electron chi connectivity index (χ3n) is 2.39. The second kappa shape index (κ2) is 6.41. The molecule has 0 aliphatic carbocycles. The van der Waals surface area contributed by atoms with Gasteiger partial charge in [0.2, 0.25) is 0 Å². The lowest BCUT2D eigenvalue weighted by molar-refractivity contribution is -0.169. The van der Waals surface area contributed by atoms with Crippen LogP contribution in [0.5, 0.6) is 0 Å². The summed E-state index contributed by atoms with van der Waals surface area (Å²) in [5.41, 5.74) is 9.22. The van der Waals surface area contributed by atoms with Crippen LogP contribution in [0.1, 0.15) is 5.56 Å². The molecule has 2 aromatic rings. The molecular formula is C11H7F3N6OS. The van der Waals surface area contributed by atoms with Gasteiger partial charge in [-0.2, -0.15) is 18.2 Å². The first-order chi connectivity index (χ1) is 10.4. The minimum atomic E-state index is -5.01. The fourth-order valence-electron chi connectivity index (χ4n) is 1.52. The van der Waals surface area contributed by atoms with E-state index in [4.69, 9.17) is 5.53 Å². The lowest BCUT2D eigenvalue weighted by atomic mass is 10.2. The Morgan fingerprint density at radius 1 is 1.45 bits per heavy atom. The molecule has 114 valence electrons. The molecule has 0 atom stereocenters. The zero-order chi connectivity index (χ0) is 16.2. The maximum absolute atomic E-state index is 12.2. The number of pyridine rings is 1. The molecule has 0 aliphatic rings. The highest BCUT2D eigenvalue weighted by Gasteiger charge is 2.38. The number of thiazole rings is 1. The number of carbonyl (C=O) groups is 1. The van der Waals surface area contributed by atoms with Crippen molar-refractivity contribution in [2.45, 2.75) is 12.7 Å². The number of nitrogens with zero attached hydrogens (tertiary/aromatic N) is 6. The van der Waals surface area contributed by atoms with Crippen molar-refractivity contribution in [3.05, 3.63) is 50.8 Å². The van der Waals surface area contributed by atoms with Crippen molar-refractivity contribution in [3.63, 3.8) is 0 Å². The van der Waals surface area contributed by atoms with Crippen LogP contribution in [0.25, 0.3) is 10.4 Å². The van der Waals surface area contributed by atoms with Gasteiger partial charge in [0.15, 0.2) is 4.80 Å².